The van der Waals surface area contributed by atoms with Gasteiger partial charge in [-0.15, -0.1) is 11.8 Å². The first-order valence-corrected chi connectivity index (χ1v) is 8.36. The normalized spacial score (nSPS) is 23.3. The predicted molar refractivity (Wildman–Crippen MR) is 82.9 cm³/mol. The molecule has 2 unspecified atom stereocenters. The minimum atomic E-state index is 0.735. The SMILES string of the molecule is CCNc1ncnc(SC2CCCC(C)C2)c1CC. The van der Waals surface area contributed by atoms with E-state index in [-0.39, 0.29) is 0 Å². The Hall–Kier alpha value is -0.770. The number of hydrogen-bond donors (Lipinski definition) is 1. The summed E-state index contributed by atoms with van der Waals surface area (Å²) in [6.45, 7) is 7.58. The summed E-state index contributed by atoms with van der Waals surface area (Å²) < 4.78 is 0. The van der Waals surface area contributed by atoms with Crippen molar-refractivity contribution in [2.24, 2.45) is 5.92 Å². The molecule has 1 aromatic rings. The van der Waals surface area contributed by atoms with Gasteiger partial charge in [0.15, 0.2) is 0 Å². The van der Waals surface area contributed by atoms with Crippen LogP contribution in [-0.4, -0.2) is 21.8 Å². The third kappa shape index (κ3) is 3.85. The Kier molecular flexibility index (Phi) is 5.49. The Bertz CT molecular complexity index is 408. The fourth-order valence-corrected chi connectivity index (χ4v) is 4.30. The van der Waals surface area contributed by atoms with Crippen LogP contribution in [0.25, 0.3) is 0 Å². The van der Waals surface area contributed by atoms with E-state index in [1.807, 2.05) is 11.8 Å². The first-order chi connectivity index (χ1) is 9.24. The maximum atomic E-state index is 4.52. The second-order valence-electron chi connectivity index (χ2n) is 5.40. The molecule has 1 heterocycles. The van der Waals surface area contributed by atoms with Gasteiger partial charge in [-0.05, 0) is 32.1 Å². The third-order valence-electron chi connectivity index (χ3n) is 3.77. The van der Waals surface area contributed by atoms with Crippen molar-refractivity contribution in [2.45, 2.75) is 63.2 Å². The number of thioether (sulfide) groups is 1. The molecule has 0 aliphatic heterocycles. The van der Waals surface area contributed by atoms with Gasteiger partial charge in [0, 0.05) is 17.4 Å². The van der Waals surface area contributed by atoms with E-state index in [1.54, 1.807) is 6.33 Å². The lowest BCUT2D eigenvalue weighted by molar-refractivity contribution is 0.394. The Morgan fingerprint density at radius 2 is 2.16 bits per heavy atom. The van der Waals surface area contributed by atoms with Gasteiger partial charge >= 0.3 is 0 Å². The molecular weight excluding hydrogens is 254 g/mol. The van der Waals surface area contributed by atoms with Crippen molar-refractivity contribution in [1.82, 2.24) is 9.97 Å². The van der Waals surface area contributed by atoms with Gasteiger partial charge < -0.3 is 5.32 Å². The molecule has 1 saturated carbocycles. The molecule has 1 fully saturated rings. The minimum Gasteiger partial charge on any atom is -0.370 e. The van der Waals surface area contributed by atoms with Crippen molar-refractivity contribution in [3.63, 3.8) is 0 Å². The highest BCUT2D eigenvalue weighted by molar-refractivity contribution is 7.99. The zero-order valence-corrected chi connectivity index (χ0v) is 13.1. The quantitative estimate of drug-likeness (QED) is 0.822. The summed E-state index contributed by atoms with van der Waals surface area (Å²) in [6, 6.07) is 0. The van der Waals surface area contributed by atoms with E-state index in [1.165, 1.54) is 36.3 Å². The van der Waals surface area contributed by atoms with Crippen molar-refractivity contribution >= 4 is 17.6 Å². The first kappa shape index (κ1) is 14.6. The molecule has 2 atom stereocenters. The van der Waals surface area contributed by atoms with Gasteiger partial charge in [-0.2, -0.15) is 0 Å². The maximum absolute atomic E-state index is 4.52. The molecule has 0 amide bonds. The standard InChI is InChI=1S/C15H25N3S/c1-4-13-14(16-5-2)17-10-18-15(13)19-12-8-6-7-11(3)9-12/h10-12H,4-9H2,1-3H3,(H,16,17,18). The average Bonchev–Trinajstić information content (AvgIpc) is 2.39. The lowest BCUT2D eigenvalue weighted by Crippen LogP contribution is -2.16. The second kappa shape index (κ2) is 7.13. The fraction of sp³-hybridized carbons (Fsp3) is 0.733. The Morgan fingerprint density at radius 3 is 2.84 bits per heavy atom. The van der Waals surface area contributed by atoms with E-state index in [2.05, 4.69) is 36.1 Å². The van der Waals surface area contributed by atoms with Crippen LogP contribution < -0.4 is 5.32 Å². The van der Waals surface area contributed by atoms with Crippen LogP contribution in [0.1, 0.15) is 52.0 Å². The van der Waals surface area contributed by atoms with Gasteiger partial charge in [-0.25, -0.2) is 9.97 Å². The lowest BCUT2D eigenvalue weighted by atomic mass is 9.91. The lowest BCUT2D eigenvalue weighted by Gasteiger charge is -2.26. The molecule has 0 bridgehead atoms. The molecule has 2 rings (SSSR count). The highest BCUT2D eigenvalue weighted by atomic mass is 32.2. The van der Waals surface area contributed by atoms with Crippen LogP contribution in [0.5, 0.6) is 0 Å². The largest absolute Gasteiger partial charge is 0.370 e. The van der Waals surface area contributed by atoms with Crippen molar-refractivity contribution in [3.8, 4) is 0 Å². The molecule has 1 aliphatic carbocycles. The molecule has 3 nitrogen and oxygen atoms in total. The van der Waals surface area contributed by atoms with Crippen LogP contribution in [0.3, 0.4) is 0 Å². The zero-order chi connectivity index (χ0) is 13.7. The van der Waals surface area contributed by atoms with Crippen LogP contribution in [-0.2, 0) is 6.42 Å². The van der Waals surface area contributed by atoms with E-state index < -0.39 is 0 Å². The third-order valence-corrected chi connectivity index (χ3v) is 5.11. The number of nitrogens with zero attached hydrogens (tertiary/aromatic N) is 2. The van der Waals surface area contributed by atoms with E-state index in [9.17, 15) is 0 Å². The summed E-state index contributed by atoms with van der Waals surface area (Å²) in [4.78, 5) is 8.90. The fourth-order valence-electron chi connectivity index (χ4n) is 2.78. The molecule has 19 heavy (non-hydrogen) atoms. The number of nitrogens with one attached hydrogen (secondary N) is 1. The molecule has 0 radical (unpaired) electrons. The van der Waals surface area contributed by atoms with Gasteiger partial charge in [-0.1, -0.05) is 26.7 Å². The molecule has 1 aromatic heterocycles. The molecule has 1 aliphatic rings. The maximum Gasteiger partial charge on any atom is 0.133 e. The topological polar surface area (TPSA) is 37.8 Å². The van der Waals surface area contributed by atoms with Crippen molar-refractivity contribution < 1.29 is 0 Å². The van der Waals surface area contributed by atoms with E-state index in [4.69, 9.17) is 0 Å². The smallest absolute Gasteiger partial charge is 0.133 e. The van der Waals surface area contributed by atoms with Gasteiger partial charge in [0.25, 0.3) is 0 Å². The number of rotatable bonds is 5. The van der Waals surface area contributed by atoms with Crippen molar-refractivity contribution in [3.05, 3.63) is 11.9 Å². The predicted octanol–water partition coefficient (Wildman–Crippen LogP) is 4.14. The number of hydrogen-bond acceptors (Lipinski definition) is 4. The van der Waals surface area contributed by atoms with E-state index in [0.29, 0.717) is 0 Å². The highest BCUT2D eigenvalue weighted by Gasteiger charge is 2.22. The first-order valence-electron chi connectivity index (χ1n) is 7.49. The summed E-state index contributed by atoms with van der Waals surface area (Å²) in [7, 11) is 0. The zero-order valence-electron chi connectivity index (χ0n) is 12.3. The highest BCUT2D eigenvalue weighted by Crippen LogP contribution is 2.37. The van der Waals surface area contributed by atoms with Crippen molar-refractivity contribution in [1.29, 1.82) is 0 Å². The van der Waals surface area contributed by atoms with E-state index in [0.717, 1.165) is 30.0 Å². The van der Waals surface area contributed by atoms with Crippen LogP contribution in [0.2, 0.25) is 0 Å². The summed E-state index contributed by atoms with van der Waals surface area (Å²) in [6.07, 6.45) is 8.11. The molecule has 1 N–H and O–H groups in total. The van der Waals surface area contributed by atoms with Crippen LogP contribution in [0.4, 0.5) is 5.82 Å². The van der Waals surface area contributed by atoms with Gasteiger partial charge in [-0.3, -0.25) is 0 Å². The average molecular weight is 279 g/mol. The molecule has 0 saturated heterocycles. The molecule has 106 valence electrons. The monoisotopic (exact) mass is 279 g/mol. The molecule has 0 aromatic carbocycles. The Balaban J connectivity index is 2.12. The summed E-state index contributed by atoms with van der Waals surface area (Å²) in [5, 5.41) is 5.27. The van der Waals surface area contributed by atoms with Crippen molar-refractivity contribution in [2.75, 3.05) is 11.9 Å². The van der Waals surface area contributed by atoms with Crippen LogP contribution >= 0.6 is 11.8 Å². The van der Waals surface area contributed by atoms with E-state index >= 15 is 0 Å². The number of anilines is 1. The minimum absolute atomic E-state index is 0.735. The summed E-state index contributed by atoms with van der Waals surface area (Å²) >= 11 is 1.97. The van der Waals surface area contributed by atoms with Crippen LogP contribution in [0.15, 0.2) is 11.4 Å². The van der Waals surface area contributed by atoms with Gasteiger partial charge in [0.05, 0.1) is 0 Å². The molecule has 4 heteroatoms. The van der Waals surface area contributed by atoms with Crippen LogP contribution in [0, 0.1) is 5.92 Å². The van der Waals surface area contributed by atoms with Gasteiger partial charge in [0.2, 0.25) is 0 Å². The Labute approximate surface area is 121 Å². The van der Waals surface area contributed by atoms with Gasteiger partial charge in [0.1, 0.15) is 17.2 Å². The number of aromatic nitrogens is 2. The molecule has 0 spiro atoms. The summed E-state index contributed by atoms with van der Waals surface area (Å²) in [5.74, 6) is 1.89. The Morgan fingerprint density at radius 1 is 1.32 bits per heavy atom. The molecular formula is C15H25N3S. The summed E-state index contributed by atoms with van der Waals surface area (Å²) in [5.41, 5.74) is 1.28. The second-order valence-corrected chi connectivity index (χ2v) is 6.69.